The molecule has 1 unspecified atom stereocenters. The van der Waals surface area contributed by atoms with Crippen molar-refractivity contribution in [3.8, 4) is 17.3 Å². The van der Waals surface area contributed by atoms with E-state index < -0.39 is 17.7 Å². The topological polar surface area (TPSA) is 100 Å². The van der Waals surface area contributed by atoms with Gasteiger partial charge in [-0.05, 0) is 31.8 Å². The highest BCUT2D eigenvalue weighted by atomic mass is 35.5. The van der Waals surface area contributed by atoms with Crippen LogP contribution < -0.4 is 10.9 Å². The molecule has 0 saturated heterocycles. The summed E-state index contributed by atoms with van der Waals surface area (Å²) in [6.45, 7) is 3.64. The fourth-order valence-electron chi connectivity index (χ4n) is 3.13. The predicted octanol–water partition coefficient (Wildman–Crippen LogP) is 4.39. The van der Waals surface area contributed by atoms with Gasteiger partial charge in [0.05, 0.1) is 17.7 Å². The first-order chi connectivity index (χ1) is 15.4. The van der Waals surface area contributed by atoms with E-state index in [1.165, 1.54) is 36.7 Å². The van der Waals surface area contributed by atoms with Crippen molar-refractivity contribution < 1.29 is 8.78 Å². The van der Waals surface area contributed by atoms with Crippen LogP contribution in [0.5, 0.6) is 0 Å². The van der Waals surface area contributed by atoms with Gasteiger partial charge in [0, 0.05) is 29.6 Å². The Labute approximate surface area is 188 Å². The SMILES string of the molecule is CPc1ncc(-c2nc3c(N[C@H](C)c4cc(C#N)ccc4F)c(Cl)nnc3cc2F)cn1. The first-order valence-corrected chi connectivity index (χ1v) is 11.3. The molecule has 0 radical (unpaired) electrons. The van der Waals surface area contributed by atoms with Crippen LogP contribution in [0, 0.1) is 23.0 Å². The van der Waals surface area contributed by atoms with Crippen molar-refractivity contribution in [3.63, 3.8) is 0 Å². The van der Waals surface area contributed by atoms with E-state index in [0.717, 1.165) is 0 Å². The Kier molecular flexibility index (Phi) is 6.17. The number of benzene rings is 1. The quantitative estimate of drug-likeness (QED) is 0.432. The summed E-state index contributed by atoms with van der Waals surface area (Å²) in [5, 5.41) is 20.0. The Balaban J connectivity index is 1.80. The Morgan fingerprint density at radius 3 is 2.56 bits per heavy atom. The van der Waals surface area contributed by atoms with E-state index in [1.807, 2.05) is 12.7 Å². The van der Waals surface area contributed by atoms with E-state index in [9.17, 15) is 8.78 Å². The van der Waals surface area contributed by atoms with Gasteiger partial charge in [0.2, 0.25) is 0 Å². The number of anilines is 1. The molecule has 7 nitrogen and oxygen atoms in total. The van der Waals surface area contributed by atoms with Crippen molar-refractivity contribution in [1.82, 2.24) is 25.1 Å². The van der Waals surface area contributed by atoms with Gasteiger partial charge < -0.3 is 5.32 Å². The van der Waals surface area contributed by atoms with Crippen LogP contribution in [0.4, 0.5) is 14.5 Å². The summed E-state index contributed by atoms with van der Waals surface area (Å²) < 4.78 is 29.2. The maximum Gasteiger partial charge on any atom is 0.177 e. The molecule has 0 saturated carbocycles. The molecule has 0 aliphatic heterocycles. The number of halogens is 3. The molecule has 0 bridgehead atoms. The zero-order chi connectivity index (χ0) is 22.8. The fraction of sp³-hybridized carbons (Fsp3) is 0.143. The maximum atomic E-state index is 14.8. The summed E-state index contributed by atoms with van der Waals surface area (Å²) in [5.41, 5.74) is 2.35. The average Bonchev–Trinajstić information content (AvgIpc) is 2.81. The van der Waals surface area contributed by atoms with E-state index in [-0.39, 0.29) is 33.1 Å². The summed E-state index contributed by atoms with van der Waals surface area (Å²) in [6.07, 6.45) is 3.01. The maximum absolute atomic E-state index is 14.8. The lowest BCUT2D eigenvalue weighted by Crippen LogP contribution is -2.11. The molecule has 11 heteroatoms. The lowest BCUT2D eigenvalue weighted by atomic mass is 10.0. The Morgan fingerprint density at radius 1 is 1.12 bits per heavy atom. The molecule has 1 N–H and O–H groups in total. The second-order valence-corrected chi connectivity index (χ2v) is 8.12. The number of rotatable bonds is 5. The van der Waals surface area contributed by atoms with Crippen molar-refractivity contribution in [2.75, 3.05) is 12.0 Å². The monoisotopic (exact) mass is 469 g/mol. The van der Waals surface area contributed by atoms with Crippen LogP contribution in [-0.4, -0.2) is 31.8 Å². The molecule has 3 heterocycles. The van der Waals surface area contributed by atoms with Gasteiger partial charge in [-0.25, -0.2) is 23.7 Å². The fourth-order valence-corrected chi connectivity index (χ4v) is 3.70. The molecule has 32 heavy (non-hydrogen) atoms. The van der Waals surface area contributed by atoms with Crippen molar-refractivity contribution in [2.24, 2.45) is 0 Å². The molecule has 0 spiro atoms. The van der Waals surface area contributed by atoms with Crippen LogP contribution in [0.25, 0.3) is 22.3 Å². The number of hydrogen-bond acceptors (Lipinski definition) is 7. The average molecular weight is 470 g/mol. The first kappa shape index (κ1) is 21.9. The van der Waals surface area contributed by atoms with Gasteiger partial charge >= 0.3 is 0 Å². The lowest BCUT2D eigenvalue weighted by molar-refractivity contribution is 0.600. The molecule has 0 amide bonds. The summed E-state index contributed by atoms with van der Waals surface area (Å²) in [7, 11) is 0.410. The largest absolute Gasteiger partial charge is 0.374 e. The van der Waals surface area contributed by atoms with Crippen LogP contribution in [0.1, 0.15) is 24.1 Å². The summed E-state index contributed by atoms with van der Waals surface area (Å²) in [5.74, 6) is -1.10. The number of nitrogens with one attached hydrogen (secondary N) is 1. The van der Waals surface area contributed by atoms with Gasteiger partial charge in [-0.15, -0.1) is 10.2 Å². The molecule has 4 aromatic rings. The van der Waals surface area contributed by atoms with Crippen LogP contribution in [0.15, 0.2) is 36.7 Å². The minimum atomic E-state index is -0.615. The smallest absolute Gasteiger partial charge is 0.177 e. The molecular formula is C21H15ClF2N7P. The highest BCUT2D eigenvalue weighted by Crippen LogP contribution is 2.33. The van der Waals surface area contributed by atoms with Gasteiger partial charge in [-0.3, -0.25) is 0 Å². The third-order valence-corrected chi connectivity index (χ3v) is 5.72. The van der Waals surface area contributed by atoms with E-state index in [0.29, 0.717) is 25.3 Å². The third kappa shape index (κ3) is 4.20. The van der Waals surface area contributed by atoms with Crippen LogP contribution in [-0.2, 0) is 0 Å². The van der Waals surface area contributed by atoms with E-state index in [2.05, 4.69) is 30.5 Å². The van der Waals surface area contributed by atoms with Gasteiger partial charge in [0.15, 0.2) is 11.0 Å². The molecule has 0 aliphatic carbocycles. The number of pyridine rings is 1. The van der Waals surface area contributed by atoms with Crippen molar-refractivity contribution in [2.45, 2.75) is 13.0 Å². The molecule has 3 aromatic heterocycles. The Bertz CT molecular complexity index is 1360. The highest BCUT2D eigenvalue weighted by Gasteiger charge is 2.20. The van der Waals surface area contributed by atoms with Crippen LogP contribution in [0.3, 0.4) is 0 Å². The highest BCUT2D eigenvalue weighted by molar-refractivity contribution is 7.45. The summed E-state index contributed by atoms with van der Waals surface area (Å²) in [6, 6.07) is 6.65. The van der Waals surface area contributed by atoms with Gasteiger partial charge in [0.25, 0.3) is 0 Å². The van der Waals surface area contributed by atoms with Crippen LogP contribution >= 0.6 is 20.2 Å². The molecule has 0 aliphatic rings. The molecule has 2 atom stereocenters. The zero-order valence-corrected chi connectivity index (χ0v) is 18.6. The number of nitriles is 1. The van der Waals surface area contributed by atoms with Gasteiger partial charge in [-0.2, -0.15) is 5.26 Å². The first-order valence-electron chi connectivity index (χ1n) is 9.40. The van der Waals surface area contributed by atoms with Crippen LogP contribution in [0.2, 0.25) is 5.15 Å². The van der Waals surface area contributed by atoms with E-state index >= 15 is 0 Å². The van der Waals surface area contributed by atoms with Gasteiger partial charge in [0.1, 0.15) is 33.8 Å². The standard InChI is InChI=1S/C21H15ClF2N7P/c1-10(13-5-11(7-25)3-4-14(13)23)28-19-18-16(30-31-20(19)22)6-15(24)17(29-18)12-8-26-21(32-2)27-9-12/h3-6,8-10,32H,1-2H3,(H,28,30)/t10-/m1/s1. The summed E-state index contributed by atoms with van der Waals surface area (Å²) in [4.78, 5) is 12.8. The minimum absolute atomic E-state index is 0.00923. The molecular weight excluding hydrogens is 455 g/mol. The van der Waals surface area contributed by atoms with Crippen molar-refractivity contribution in [1.29, 1.82) is 5.26 Å². The Hall–Kier alpha value is -3.34. The molecule has 0 fully saturated rings. The normalized spacial score (nSPS) is 12.2. The van der Waals surface area contributed by atoms with E-state index in [1.54, 1.807) is 6.92 Å². The van der Waals surface area contributed by atoms with Crippen molar-refractivity contribution >= 4 is 42.5 Å². The zero-order valence-electron chi connectivity index (χ0n) is 16.9. The lowest BCUT2D eigenvalue weighted by Gasteiger charge is -2.18. The van der Waals surface area contributed by atoms with Gasteiger partial charge in [-0.1, -0.05) is 20.2 Å². The number of hydrogen-bond donors (Lipinski definition) is 1. The molecule has 4 rings (SSSR count). The number of aromatic nitrogens is 5. The second-order valence-electron chi connectivity index (χ2n) is 6.81. The number of fused-ring (bicyclic) bond motifs is 1. The van der Waals surface area contributed by atoms with Crippen molar-refractivity contribution in [3.05, 3.63) is 64.6 Å². The summed E-state index contributed by atoms with van der Waals surface area (Å²) >= 11 is 6.27. The minimum Gasteiger partial charge on any atom is -0.374 e. The van der Waals surface area contributed by atoms with E-state index in [4.69, 9.17) is 16.9 Å². The Morgan fingerprint density at radius 2 is 1.88 bits per heavy atom. The molecule has 1 aromatic carbocycles. The third-order valence-electron chi connectivity index (χ3n) is 4.75. The second kappa shape index (κ2) is 9.03. The number of nitrogens with zero attached hydrogens (tertiary/aromatic N) is 6. The predicted molar refractivity (Wildman–Crippen MR) is 120 cm³/mol. The molecule has 160 valence electrons.